The summed E-state index contributed by atoms with van der Waals surface area (Å²) in [6.07, 6.45) is 0. The van der Waals surface area contributed by atoms with Gasteiger partial charge in [0, 0.05) is 11.5 Å². The van der Waals surface area contributed by atoms with Crippen LogP contribution in [0.25, 0.3) is 11.0 Å². The summed E-state index contributed by atoms with van der Waals surface area (Å²) in [6, 6.07) is 1.93. The van der Waals surface area contributed by atoms with Crippen molar-refractivity contribution in [3.05, 3.63) is 16.1 Å². The highest BCUT2D eigenvalue weighted by atomic mass is 79.9. The lowest BCUT2D eigenvalue weighted by Crippen LogP contribution is -1.94. The molecule has 0 aliphatic rings. The molecule has 5 heteroatoms. The summed E-state index contributed by atoms with van der Waals surface area (Å²) < 4.78 is 7.98. The number of benzene rings is 1. The zero-order valence-electron chi connectivity index (χ0n) is 8.21. The fraction of sp³-hybridized carbons (Fsp3) is 0.333. The second-order valence-corrected chi connectivity index (χ2v) is 3.95. The van der Waals surface area contributed by atoms with E-state index in [2.05, 4.69) is 26.2 Å². The van der Waals surface area contributed by atoms with Crippen LogP contribution in [0.4, 0.5) is 0 Å². The molecule has 0 fully saturated rings. The summed E-state index contributed by atoms with van der Waals surface area (Å²) in [5.74, 6) is 0.782. The number of hydrogen-bond donors (Lipinski definition) is 0. The van der Waals surface area contributed by atoms with Crippen molar-refractivity contribution in [1.82, 2.24) is 15.0 Å². The van der Waals surface area contributed by atoms with E-state index in [0.717, 1.165) is 26.8 Å². The normalized spacial score (nSPS) is 10.9. The molecule has 0 N–H and O–H groups in total. The maximum atomic E-state index is 5.27. The zero-order valence-corrected chi connectivity index (χ0v) is 9.79. The lowest BCUT2D eigenvalue weighted by molar-refractivity contribution is 0.417. The summed E-state index contributed by atoms with van der Waals surface area (Å²) in [5, 5.41) is 8.06. The van der Waals surface area contributed by atoms with Crippen LogP contribution >= 0.6 is 15.9 Å². The Bertz CT molecular complexity index is 492. The number of halogens is 1. The molecule has 0 atom stereocenters. The molecule has 1 heterocycles. The lowest BCUT2D eigenvalue weighted by Gasteiger charge is -2.05. The molecule has 4 nitrogen and oxygen atoms in total. The molecule has 2 rings (SSSR count). The van der Waals surface area contributed by atoms with Crippen molar-refractivity contribution in [2.24, 2.45) is 7.05 Å². The van der Waals surface area contributed by atoms with Crippen molar-refractivity contribution in [2.45, 2.75) is 6.92 Å². The predicted molar refractivity (Wildman–Crippen MR) is 57.5 cm³/mol. The molecule has 0 spiro atoms. The largest absolute Gasteiger partial charge is 0.494 e. The Labute approximate surface area is 90.0 Å². The third kappa shape index (κ3) is 1.19. The highest BCUT2D eigenvalue weighted by Crippen LogP contribution is 2.31. The first-order valence-electron chi connectivity index (χ1n) is 4.17. The Balaban J connectivity index is 2.92. The van der Waals surface area contributed by atoms with Gasteiger partial charge >= 0.3 is 0 Å². The highest BCUT2D eigenvalue weighted by Gasteiger charge is 2.13. The van der Waals surface area contributed by atoms with E-state index in [1.54, 1.807) is 11.8 Å². The van der Waals surface area contributed by atoms with Crippen LogP contribution in [0.2, 0.25) is 0 Å². The quantitative estimate of drug-likeness (QED) is 0.783. The maximum Gasteiger partial charge on any atom is 0.147 e. The first-order valence-corrected chi connectivity index (χ1v) is 4.97. The van der Waals surface area contributed by atoms with Crippen molar-refractivity contribution >= 4 is 27.0 Å². The van der Waals surface area contributed by atoms with Gasteiger partial charge in [-0.05, 0) is 18.6 Å². The summed E-state index contributed by atoms with van der Waals surface area (Å²) in [5.41, 5.74) is 2.88. The molecule has 14 heavy (non-hydrogen) atoms. The number of nitrogens with zero attached hydrogens (tertiary/aromatic N) is 3. The minimum atomic E-state index is 0.782. The summed E-state index contributed by atoms with van der Waals surface area (Å²) >= 11 is 3.46. The topological polar surface area (TPSA) is 39.9 Å². The molecule has 0 aliphatic heterocycles. The van der Waals surface area contributed by atoms with Gasteiger partial charge in [-0.25, -0.2) is 4.68 Å². The minimum Gasteiger partial charge on any atom is -0.494 e. The van der Waals surface area contributed by atoms with E-state index in [1.807, 2.05) is 20.0 Å². The maximum absolute atomic E-state index is 5.27. The van der Waals surface area contributed by atoms with E-state index >= 15 is 0 Å². The van der Waals surface area contributed by atoms with Crippen molar-refractivity contribution in [2.75, 3.05) is 7.11 Å². The zero-order chi connectivity index (χ0) is 10.3. The van der Waals surface area contributed by atoms with Gasteiger partial charge in [0.25, 0.3) is 0 Å². The van der Waals surface area contributed by atoms with Crippen LogP contribution in [0.1, 0.15) is 5.56 Å². The number of hydrogen-bond acceptors (Lipinski definition) is 3. The van der Waals surface area contributed by atoms with Crippen LogP contribution in [0.5, 0.6) is 5.75 Å². The fourth-order valence-electron chi connectivity index (χ4n) is 1.45. The van der Waals surface area contributed by atoms with Crippen LogP contribution in [0.3, 0.4) is 0 Å². The molecule has 2 aromatic rings. The van der Waals surface area contributed by atoms with E-state index in [-0.39, 0.29) is 0 Å². The van der Waals surface area contributed by atoms with Crippen molar-refractivity contribution < 1.29 is 4.74 Å². The number of aryl methyl sites for hydroxylation is 2. The van der Waals surface area contributed by atoms with Gasteiger partial charge in [-0.15, -0.1) is 5.10 Å². The fourth-order valence-corrected chi connectivity index (χ4v) is 1.84. The lowest BCUT2D eigenvalue weighted by atomic mass is 10.2. The van der Waals surface area contributed by atoms with Crippen molar-refractivity contribution in [3.63, 3.8) is 0 Å². The molecule has 0 radical (unpaired) electrons. The molecule has 0 saturated heterocycles. The third-order valence-electron chi connectivity index (χ3n) is 2.25. The standard InChI is InChI=1S/C9H10BrN3O/c1-5-6(10)4-7(14-3)9-8(5)11-12-13(9)2/h4H,1-3H3. The van der Waals surface area contributed by atoms with Gasteiger partial charge in [-0.2, -0.15) is 0 Å². The van der Waals surface area contributed by atoms with Crippen LogP contribution < -0.4 is 4.74 Å². The molecular formula is C9H10BrN3O. The van der Waals surface area contributed by atoms with E-state index < -0.39 is 0 Å². The van der Waals surface area contributed by atoms with Gasteiger partial charge in [0.15, 0.2) is 0 Å². The summed E-state index contributed by atoms with van der Waals surface area (Å²) in [4.78, 5) is 0. The number of fused-ring (bicyclic) bond motifs is 1. The van der Waals surface area contributed by atoms with E-state index in [0.29, 0.717) is 0 Å². The Morgan fingerprint density at radius 3 is 2.86 bits per heavy atom. The van der Waals surface area contributed by atoms with Gasteiger partial charge < -0.3 is 4.74 Å². The summed E-state index contributed by atoms with van der Waals surface area (Å²) in [7, 11) is 3.49. The van der Waals surface area contributed by atoms with Gasteiger partial charge in [-0.1, -0.05) is 21.1 Å². The molecule has 74 valence electrons. The molecule has 0 amide bonds. The predicted octanol–water partition coefficient (Wildman–Crippen LogP) is 2.05. The molecule has 1 aromatic heterocycles. The van der Waals surface area contributed by atoms with E-state index in [4.69, 9.17) is 4.74 Å². The van der Waals surface area contributed by atoms with Crippen LogP contribution in [-0.2, 0) is 7.05 Å². The number of methoxy groups -OCH3 is 1. The van der Waals surface area contributed by atoms with Crippen molar-refractivity contribution in [1.29, 1.82) is 0 Å². The Morgan fingerprint density at radius 1 is 1.50 bits per heavy atom. The Morgan fingerprint density at radius 2 is 2.21 bits per heavy atom. The van der Waals surface area contributed by atoms with Gasteiger partial charge in [0.05, 0.1) is 7.11 Å². The number of rotatable bonds is 1. The average molecular weight is 256 g/mol. The van der Waals surface area contributed by atoms with Gasteiger partial charge in [0.1, 0.15) is 16.8 Å². The molecule has 0 aliphatic carbocycles. The second kappa shape index (κ2) is 3.24. The van der Waals surface area contributed by atoms with Gasteiger partial charge in [-0.3, -0.25) is 0 Å². The minimum absolute atomic E-state index is 0.782. The van der Waals surface area contributed by atoms with E-state index in [1.165, 1.54) is 0 Å². The molecular weight excluding hydrogens is 246 g/mol. The Hall–Kier alpha value is -1.10. The monoisotopic (exact) mass is 255 g/mol. The van der Waals surface area contributed by atoms with Crippen LogP contribution in [0.15, 0.2) is 10.5 Å². The first kappa shape index (κ1) is 9.45. The molecule has 0 unspecified atom stereocenters. The Kier molecular flexibility index (Phi) is 2.19. The summed E-state index contributed by atoms with van der Waals surface area (Å²) in [6.45, 7) is 2.00. The van der Waals surface area contributed by atoms with Crippen LogP contribution in [0, 0.1) is 6.92 Å². The van der Waals surface area contributed by atoms with Crippen LogP contribution in [-0.4, -0.2) is 22.1 Å². The number of aromatic nitrogens is 3. The SMILES string of the molecule is COc1cc(Br)c(C)c2nnn(C)c12. The number of ether oxygens (including phenoxy) is 1. The van der Waals surface area contributed by atoms with Crippen molar-refractivity contribution in [3.8, 4) is 5.75 Å². The third-order valence-corrected chi connectivity index (χ3v) is 3.08. The van der Waals surface area contributed by atoms with E-state index in [9.17, 15) is 0 Å². The molecule has 0 saturated carbocycles. The molecule has 1 aromatic carbocycles. The first-order chi connectivity index (χ1) is 6.65. The highest BCUT2D eigenvalue weighted by molar-refractivity contribution is 9.10. The molecule has 0 bridgehead atoms. The second-order valence-electron chi connectivity index (χ2n) is 3.10. The average Bonchev–Trinajstić information content (AvgIpc) is 2.55. The van der Waals surface area contributed by atoms with Gasteiger partial charge in [0.2, 0.25) is 0 Å². The smallest absolute Gasteiger partial charge is 0.147 e.